The standard InChI is InChI=1S/C18H15N3O3S/c1-3-24-18(23)15-11(2)14-16(25-15)20-10-21(17(14)22)9-13-7-5-4-6-12(13)8-19/h4-7,10H,3,9H2,1-2H3. The van der Waals surface area contributed by atoms with Crippen molar-refractivity contribution < 1.29 is 9.53 Å². The van der Waals surface area contributed by atoms with E-state index in [9.17, 15) is 14.9 Å². The van der Waals surface area contributed by atoms with Crippen molar-refractivity contribution in [3.63, 3.8) is 0 Å². The first-order valence-electron chi connectivity index (χ1n) is 7.70. The first kappa shape index (κ1) is 16.9. The summed E-state index contributed by atoms with van der Waals surface area (Å²) in [4.78, 5) is 30.1. The van der Waals surface area contributed by atoms with E-state index in [0.717, 1.165) is 16.9 Å². The fourth-order valence-electron chi connectivity index (χ4n) is 2.61. The molecule has 0 fully saturated rings. The largest absolute Gasteiger partial charge is 0.462 e. The Morgan fingerprint density at radius 1 is 1.40 bits per heavy atom. The number of esters is 1. The molecule has 3 aromatic rings. The average Bonchev–Trinajstić information content (AvgIpc) is 2.95. The molecule has 0 spiro atoms. The number of benzene rings is 1. The first-order valence-corrected chi connectivity index (χ1v) is 8.52. The summed E-state index contributed by atoms with van der Waals surface area (Å²) in [6.07, 6.45) is 1.45. The third kappa shape index (κ3) is 3.04. The third-order valence-corrected chi connectivity index (χ3v) is 5.04. The van der Waals surface area contributed by atoms with Crippen LogP contribution in [0, 0.1) is 18.3 Å². The summed E-state index contributed by atoms with van der Waals surface area (Å²) in [6, 6.07) is 9.24. The Morgan fingerprint density at radius 3 is 2.88 bits per heavy atom. The molecule has 0 atom stereocenters. The van der Waals surface area contributed by atoms with E-state index in [0.29, 0.717) is 26.2 Å². The highest BCUT2D eigenvalue weighted by Gasteiger charge is 2.20. The van der Waals surface area contributed by atoms with Crippen molar-refractivity contribution >= 4 is 27.5 Å². The Bertz CT molecular complexity index is 1060. The van der Waals surface area contributed by atoms with Gasteiger partial charge in [0.25, 0.3) is 5.56 Å². The second kappa shape index (κ2) is 6.87. The molecule has 0 aliphatic carbocycles. The number of aromatic nitrogens is 2. The minimum absolute atomic E-state index is 0.234. The summed E-state index contributed by atoms with van der Waals surface area (Å²) in [5.41, 5.74) is 1.61. The van der Waals surface area contributed by atoms with Crippen LogP contribution in [0.25, 0.3) is 10.2 Å². The van der Waals surface area contributed by atoms with Gasteiger partial charge in [-0.2, -0.15) is 5.26 Å². The Kier molecular flexibility index (Phi) is 4.63. The van der Waals surface area contributed by atoms with E-state index < -0.39 is 5.97 Å². The van der Waals surface area contributed by atoms with E-state index in [1.54, 1.807) is 32.0 Å². The van der Waals surface area contributed by atoms with E-state index in [2.05, 4.69) is 11.1 Å². The van der Waals surface area contributed by atoms with E-state index in [1.165, 1.54) is 10.9 Å². The molecular formula is C18H15N3O3S. The number of carbonyl (C=O) groups excluding carboxylic acids is 1. The van der Waals surface area contributed by atoms with Gasteiger partial charge in [-0.3, -0.25) is 9.36 Å². The topological polar surface area (TPSA) is 85.0 Å². The smallest absolute Gasteiger partial charge is 0.348 e. The zero-order valence-corrected chi connectivity index (χ0v) is 14.6. The highest BCUT2D eigenvalue weighted by molar-refractivity contribution is 7.20. The molecule has 1 aromatic carbocycles. The van der Waals surface area contributed by atoms with Gasteiger partial charge >= 0.3 is 5.97 Å². The zero-order valence-electron chi connectivity index (χ0n) is 13.8. The number of ether oxygens (including phenoxy) is 1. The van der Waals surface area contributed by atoms with Crippen molar-refractivity contribution in [2.24, 2.45) is 0 Å². The number of nitriles is 1. The molecule has 0 N–H and O–H groups in total. The highest BCUT2D eigenvalue weighted by atomic mass is 32.1. The van der Waals surface area contributed by atoms with Gasteiger partial charge < -0.3 is 4.74 Å². The lowest BCUT2D eigenvalue weighted by Gasteiger charge is -2.07. The van der Waals surface area contributed by atoms with E-state index in [1.807, 2.05) is 6.07 Å². The molecule has 0 radical (unpaired) electrons. The van der Waals surface area contributed by atoms with Gasteiger partial charge in [-0.05, 0) is 31.0 Å². The molecule has 0 amide bonds. The van der Waals surface area contributed by atoms with Gasteiger partial charge in [0, 0.05) is 0 Å². The maximum atomic E-state index is 12.8. The van der Waals surface area contributed by atoms with Gasteiger partial charge in [-0.25, -0.2) is 9.78 Å². The molecule has 2 heterocycles. The van der Waals surface area contributed by atoms with Crippen LogP contribution in [0.2, 0.25) is 0 Å². The van der Waals surface area contributed by atoms with Crippen LogP contribution in [0.5, 0.6) is 0 Å². The van der Waals surface area contributed by atoms with Crippen LogP contribution >= 0.6 is 11.3 Å². The summed E-state index contributed by atoms with van der Waals surface area (Å²) in [7, 11) is 0. The molecular weight excluding hydrogens is 338 g/mol. The maximum absolute atomic E-state index is 12.8. The maximum Gasteiger partial charge on any atom is 0.348 e. The van der Waals surface area contributed by atoms with Crippen molar-refractivity contribution in [3.05, 3.63) is 62.5 Å². The molecule has 7 heteroatoms. The summed E-state index contributed by atoms with van der Waals surface area (Å²) >= 11 is 1.16. The fourth-order valence-corrected chi connectivity index (χ4v) is 3.65. The van der Waals surface area contributed by atoms with E-state index in [-0.39, 0.29) is 18.7 Å². The molecule has 0 unspecified atom stereocenters. The summed E-state index contributed by atoms with van der Waals surface area (Å²) in [5.74, 6) is -0.441. The lowest BCUT2D eigenvalue weighted by Crippen LogP contribution is -2.21. The zero-order chi connectivity index (χ0) is 18.0. The average molecular weight is 353 g/mol. The minimum atomic E-state index is -0.441. The highest BCUT2D eigenvalue weighted by Crippen LogP contribution is 2.27. The Hall–Kier alpha value is -2.98. The van der Waals surface area contributed by atoms with E-state index in [4.69, 9.17) is 4.74 Å². The van der Waals surface area contributed by atoms with Gasteiger partial charge in [0.2, 0.25) is 0 Å². The number of fused-ring (bicyclic) bond motifs is 1. The number of aryl methyl sites for hydroxylation is 1. The first-order chi connectivity index (χ1) is 12.1. The predicted molar refractivity (Wildman–Crippen MR) is 94.8 cm³/mol. The van der Waals surface area contributed by atoms with Crippen LogP contribution in [0.15, 0.2) is 35.4 Å². The number of carbonyl (C=O) groups is 1. The molecule has 0 saturated carbocycles. The fraction of sp³-hybridized carbons (Fsp3) is 0.222. The number of nitrogens with zero attached hydrogens (tertiary/aromatic N) is 3. The summed E-state index contributed by atoms with van der Waals surface area (Å²) < 4.78 is 6.48. The van der Waals surface area contributed by atoms with Crippen LogP contribution < -0.4 is 5.56 Å². The van der Waals surface area contributed by atoms with Gasteiger partial charge in [-0.15, -0.1) is 11.3 Å². The molecule has 0 bridgehead atoms. The van der Waals surface area contributed by atoms with Gasteiger partial charge in [0.05, 0.1) is 36.5 Å². The molecule has 2 aromatic heterocycles. The molecule has 25 heavy (non-hydrogen) atoms. The minimum Gasteiger partial charge on any atom is -0.462 e. The van der Waals surface area contributed by atoms with Crippen LogP contribution in [0.4, 0.5) is 0 Å². The van der Waals surface area contributed by atoms with Crippen LogP contribution in [-0.2, 0) is 11.3 Å². The Balaban J connectivity index is 2.09. The van der Waals surface area contributed by atoms with Gasteiger partial charge in [0.1, 0.15) is 9.71 Å². The van der Waals surface area contributed by atoms with Crippen molar-refractivity contribution in [1.29, 1.82) is 5.26 Å². The normalized spacial score (nSPS) is 10.6. The number of hydrogen-bond acceptors (Lipinski definition) is 6. The van der Waals surface area contributed by atoms with Crippen LogP contribution in [0.1, 0.15) is 33.3 Å². The molecule has 6 nitrogen and oxygen atoms in total. The predicted octanol–water partition coefficient (Wildman–Crippen LogP) is 2.86. The lowest BCUT2D eigenvalue weighted by atomic mass is 10.1. The summed E-state index contributed by atoms with van der Waals surface area (Å²) in [5, 5.41) is 9.62. The Morgan fingerprint density at radius 2 is 2.16 bits per heavy atom. The van der Waals surface area contributed by atoms with Gasteiger partial charge in [0.15, 0.2) is 0 Å². The Labute approximate surface area is 147 Å². The molecule has 0 aliphatic heterocycles. The quantitative estimate of drug-likeness (QED) is 0.673. The third-order valence-electron chi connectivity index (χ3n) is 3.86. The number of hydrogen-bond donors (Lipinski definition) is 0. The SMILES string of the molecule is CCOC(=O)c1sc2ncn(Cc3ccccc3C#N)c(=O)c2c1C. The molecule has 0 saturated heterocycles. The van der Waals surface area contributed by atoms with Crippen LogP contribution in [0.3, 0.4) is 0 Å². The monoisotopic (exact) mass is 353 g/mol. The second-order valence-electron chi connectivity index (χ2n) is 5.40. The van der Waals surface area contributed by atoms with Crippen molar-refractivity contribution in [3.8, 4) is 6.07 Å². The van der Waals surface area contributed by atoms with Crippen LogP contribution in [-0.4, -0.2) is 22.1 Å². The van der Waals surface area contributed by atoms with E-state index >= 15 is 0 Å². The number of thiophene rings is 1. The number of rotatable bonds is 4. The molecule has 0 aliphatic rings. The van der Waals surface area contributed by atoms with Crippen molar-refractivity contribution in [1.82, 2.24) is 9.55 Å². The van der Waals surface area contributed by atoms with Gasteiger partial charge in [-0.1, -0.05) is 18.2 Å². The van der Waals surface area contributed by atoms with Crippen molar-refractivity contribution in [2.45, 2.75) is 20.4 Å². The summed E-state index contributed by atoms with van der Waals surface area (Å²) in [6.45, 7) is 3.98. The lowest BCUT2D eigenvalue weighted by molar-refractivity contribution is 0.0531. The second-order valence-corrected chi connectivity index (χ2v) is 6.40. The molecule has 3 rings (SSSR count). The van der Waals surface area contributed by atoms with Crippen molar-refractivity contribution in [2.75, 3.05) is 6.61 Å². The molecule has 126 valence electrons.